The van der Waals surface area contributed by atoms with Crippen LogP contribution in [0.15, 0.2) is 60.7 Å². The molecule has 20 heavy (non-hydrogen) atoms. The van der Waals surface area contributed by atoms with E-state index in [4.69, 9.17) is 0 Å². The summed E-state index contributed by atoms with van der Waals surface area (Å²) in [5.41, 5.74) is 0.573. The summed E-state index contributed by atoms with van der Waals surface area (Å²) in [5.74, 6) is 0.695. The van der Waals surface area contributed by atoms with Crippen LogP contribution in [0.5, 0.6) is 0 Å². The van der Waals surface area contributed by atoms with Crippen LogP contribution in [0.25, 0.3) is 0 Å². The monoisotopic (exact) mass is 283 g/mol. The Kier molecular flexibility index (Phi) is 4.28. The fraction of sp³-hybridized carbons (Fsp3) is 0.278. The first-order chi connectivity index (χ1) is 9.84. The second-order valence-electron chi connectivity index (χ2n) is 5.36. The van der Waals surface area contributed by atoms with E-state index in [1.807, 2.05) is 0 Å². The summed E-state index contributed by atoms with van der Waals surface area (Å²) in [4.78, 5) is 9.95. The van der Waals surface area contributed by atoms with Crippen LogP contribution in [0.2, 0.25) is 0 Å². The molecule has 0 spiro atoms. The van der Waals surface area contributed by atoms with Gasteiger partial charge >= 0.3 is 0 Å². The second-order valence-corrected chi connectivity index (χ2v) is 7.86. The molecule has 2 heteroatoms. The zero-order valence-corrected chi connectivity index (χ0v) is 12.5. The number of rotatable bonds is 3. The molecule has 1 nitrogen and oxygen atoms in total. The Morgan fingerprint density at radius 2 is 1.40 bits per heavy atom. The summed E-state index contributed by atoms with van der Waals surface area (Å²) < 4.78 is 0. The first-order valence-corrected chi connectivity index (χ1v) is 8.68. The molecule has 1 unspecified atom stereocenters. The zero-order chi connectivity index (χ0) is 13.8. The van der Waals surface area contributed by atoms with E-state index in [0.717, 1.165) is 19.3 Å². The molecule has 0 heterocycles. The maximum absolute atomic E-state index is 9.95. The smallest absolute Gasteiger partial charge is 0.284 e. The molecule has 1 atom stereocenters. The number of benzene rings is 2. The molecule has 1 fully saturated rings. The molecule has 1 aliphatic rings. The Labute approximate surface area is 121 Å². The van der Waals surface area contributed by atoms with Gasteiger partial charge in [-0.15, -0.1) is 0 Å². The SMILES string of the molecule is [OH+]=C1CCCC(P(c2ccccc2)c2ccccc2)C1. The largest absolute Gasteiger partial charge is 0.293 e. The Hall–Kier alpha value is -1.46. The highest BCUT2D eigenvalue weighted by Gasteiger charge is 2.31. The first kappa shape index (κ1) is 13.5. The van der Waals surface area contributed by atoms with Crippen LogP contribution in [0.1, 0.15) is 25.7 Å². The maximum Gasteiger partial charge on any atom is 0.293 e. The topological polar surface area (TPSA) is 21.4 Å². The zero-order valence-electron chi connectivity index (χ0n) is 11.6. The molecule has 1 saturated carbocycles. The molecular formula is C18H20OP+. The van der Waals surface area contributed by atoms with E-state index < -0.39 is 0 Å². The van der Waals surface area contributed by atoms with Crippen LogP contribution < -0.4 is 10.6 Å². The fourth-order valence-corrected chi connectivity index (χ4v) is 5.95. The van der Waals surface area contributed by atoms with Gasteiger partial charge in [0.1, 0.15) is 0 Å². The quantitative estimate of drug-likeness (QED) is 0.606. The number of hydrogen-bond donors (Lipinski definition) is 0. The van der Waals surface area contributed by atoms with Gasteiger partial charge in [-0.25, -0.2) is 0 Å². The third kappa shape index (κ3) is 2.99. The van der Waals surface area contributed by atoms with Crippen molar-refractivity contribution in [3.63, 3.8) is 0 Å². The lowest BCUT2D eigenvalue weighted by Crippen LogP contribution is -2.27. The van der Waals surface area contributed by atoms with Crippen LogP contribution in [-0.4, -0.2) is 16.2 Å². The van der Waals surface area contributed by atoms with Gasteiger partial charge in [-0.2, -0.15) is 0 Å². The van der Waals surface area contributed by atoms with Crippen molar-refractivity contribution >= 4 is 24.3 Å². The maximum atomic E-state index is 9.95. The molecule has 2 aromatic rings. The molecule has 1 aliphatic carbocycles. The van der Waals surface area contributed by atoms with E-state index in [9.17, 15) is 4.79 Å². The molecule has 0 aromatic heterocycles. The molecule has 0 saturated heterocycles. The van der Waals surface area contributed by atoms with Crippen molar-refractivity contribution in [1.82, 2.24) is 0 Å². The van der Waals surface area contributed by atoms with Gasteiger partial charge in [-0.05, 0) is 37.0 Å². The second kappa shape index (κ2) is 6.33. The lowest BCUT2D eigenvalue weighted by molar-refractivity contribution is 0.578. The summed E-state index contributed by atoms with van der Waals surface area (Å²) in [6, 6.07) is 21.6. The van der Waals surface area contributed by atoms with E-state index in [0.29, 0.717) is 11.4 Å². The van der Waals surface area contributed by atoms with Crippen LogP contribution in [0.3, 0.4) is 0 Å². The number of carbonyl (C=O) groups excluding carboxylic acids is 1. The van der Waals surface area contributed by atoms with Crippen molar-refractivity contribution in [3.8, 4) is 0 Å². The fourth-order valence-electron chi connectivity index (χ4n) is 2.99. The summed E-state index contributed by atoms with van der Waals surface area (Å²) >= 11 is 0. The van der Waals surface area contributed by atoms with Gasteiger partial charge in [0.05, 0.1) is 12.8 Å². The van der Waals surface area contributed by atoms with Gasteiger partial charge in [0.2, 0.25) is 0 Å². The minimum atomic E-state index is -0.376. The van der Waals surface area contributed by atoms with E-state index in [-0.39, 0.29) is 7.92 Å². The highest BCUT2D eigenvalue weighted by Crippen LogP contribution is 2.45. The Morgan fingerprint density at radius 3 is 1.90 bits per heavy atom. The minimum Gasteiger partial charge on any atom is -0.284 e. The van der Waals surface area contributed by atoms with Crippen molar-refractivity contribution < 1.29 is 4.79 Å². The standard InChI is InChI=1S/C18H19OP/c19-15-8-7-13-18(14-15)20(16-9-3-1-4-10-16)17-11-5-2-6-12-17/h1-6,9-12,18H,7-8,13-14H2/p+1. The Bertz CT molecular complexity index is 525. The van der Waals surface area contributed by atoms with Crippen molar-refractivity contribution in [2.45, 2.75) is 31.3 Å². The van der Waals surface area contributed by atoms with Gasteiger partial charge in [0.25, 0.3) is 5.78 Å². The van der Waals surface area contributed by atoms with E-state index >= 15 is 0 Å². The summed E-state index contributed by atoms with van der Waals surface area (Å²) in [6.07, 6.45) is 4.10. The first-order valence-electron chi connectivity index (χ1n) is 7.27. The predicted octanol–water partition coefficient (Wildman–Crippen LogP) is 3.61. The molecule has 1 N–H and O–H groups in total. The summed E-state index contributed by atoms with van der Waals surface area (Å²) in [6.45, 7) is 0. The van der Waals surface area contributed by atoms with Gasteiger partial charge in [0.15, 0.2) is 0 Å². The van der Waals surface area contributed by atoms with Crippen LogP contribution in [0.4, 0.5) is 0 Å². The normalized spacial score (nSPS) is 19.2. The lowest BCUT2D eigenvalue weighted by atomic mass is 9.99. The lowest BCUT2D eigenvalue weighted by Gasteiger charge is -2.29. The Morgan fingerprint density at radius 1 is 0.850 bits per heavy atom. The molecule has 3 rings (SSSR count). The third-order valence-electron chi connectivity index (χ3n) is 3.91. The average Bonchev–Trinajstić information content (AvgIpc) is 2.50. The molecular weight excluding hydrogens is 263 g/mol. The Balaban J connectivity index is 1.97. The highest BCUT2D eigenvalue weighted by molar-refractivity contribution is 7.73. The molecule has 0 aliphatic heterocycles. The van der Waals surface area contributed by atoms with E-state index in [2.05, 4.69) is 60.7 Å². The summed E-state index contributed by atoms with van der Waals surface area (Å²) in [5, 5.41) is 2.85. The van der Waals surface area contributed by atoms with Gasteiger partial charge in [0, 0.05) is 0 Å². The van der Waals surface area contributed by atoms with Crippen molar-refractivity contribution in [3.05, 3.63) is 60.7 Å². The predicted molar refractivity (Wildman–Crippen MR) is 88.3 cm³/mol. The van der Waals surface area contributed by atoms with Crippen LogP contribution in [0, 0.1) is 0 Å². The minimum absolute atomic E-state index is 0.376. The molecule has 2 aromatic carbocycles. The number of ketones is 1. The van der Waals surface area contributed by atoms with Crippen molar-refractivity contribution in [1.29, 1.82) is 0 Å². The summed E-state index contributed by atoms with van der Waals surface area (Å²) in [7, 11) is -0.376. The van der Waals surface area contributed by atoms with Gasteiger partial charge < -0.3 is 0 Å². The molecule has 0 amide bonds. The van der Waals surface area contributed by atoms with Gasteiger partial charge in [-0.1, -0.05) is 60.7 Å². The van der Waals surface area contributed by atoms with Crippen molar-refractivity contribution in [2.24, 2.45) is 0 Å². The average molecular weight is 283 g/mol. The van der Waals surface area contributed by atoms with E-state index in [1.54, 1.807) is 0 Å². The molecule has 0 radical (unpaired) electrons. The van der Waals surface area contributed by atoms with Gasteiger partial charge in [-0.3, -0.25) is 4.79 Å². The molecule has 0 bridgehead atoms. The highest BCUT2D eigenvalue weighted by atomic mass is 31.1. The third-order valence-corrected chi connectivity index (χ3v) is 6.79. The van der Waals surface area contributed by atoms with Crippen LogP contribution in [-0.2, 0) is 0 Å². The number of hydrogen-bond acceptors (Lipinski definition) is 0. The van der Waals surface area contributed by atoms with Crippen molar-refractivity contribution in [2.75, 3.05) is 0 Å². The van der Waals surface area contributed by atoms with E-state index in [1.165, 1.54) is 17.0 Å². The molecule has 102 valence electrons. The van der Waals surface area contributed by atoms with Crippen LogP contribution >= 0.6 is 7.92 Å².